The first-order valence-electron chi connectivity index (χ1n) is 6.51. The summed E-state index contributed by atoms with van der Waals surface area (Å²) in [4.78, 5) is 11.2. The Labute approximate surface area is 116 Å². The molecule has 0 bridgehead atoms. The second-order valence-electron chi connectivity index (χ2n) is 4.79. The molecule has 0 unspecified atom stereocenters. The third kappa shape index (κ3) is 2.96. The highest BCUT2D eigenvalue weighted by Crippen LogP contribution is 2.39. The number of nitrogens with zero attached hydrogens (tertiary/aromatic N) is 2. The molecule has 1 aromatic heterocycles. The van der Waals surface area contributed by atoms with Crippen molar-refractivity contribution in [2.75, 3.05) is 12.4 Å². The molecule has 0 radical (unpaired) electrons. The van der Waals surface area contributed by atoms with E-state index in [1.807, 2.05) is 24.3 Å². The summed E-state index contributed by atoms with van der Waals surface area (Å²) in [5.41, 5.74) is 1.73. The molecule has 1 aliphatic carbocycles. The van der Waals surface area contributed by atoms with Crippen LogP contribution in [0.25, 0.3) is 0 Å². The number of anilines is 2. The van der Waals surface area contributed by atoms with Gasteiger partial charge >= 0.3 is 12.0 Å². The summed E-state index contributed by atoms with van der Waals surface area (Å²) >= 11 is 0. The maximum Gasteiger partial charge on any atom is 0.320 e. The van der Waals surface area contributed by atoms with Crippen molar-refractivity contribution in [3.05, 3.63) is 35.7 Å². The Morgan fingerprint density at radius 2 is 2.10 bits per heavy atom. The molecule has 0 atom stereocenters. The summed E-state index contributed by atoms with van der Waals surface area (Å²) in [5.74, 6) is 0.895. The number of ether oxygens (including phenoxy) is 1. The van der Waals surface area contributed by atoms with Crippen LogP contribution in [0.2, 0.25) is 0 Å². The third-order valence-electron chi connectivity index (χ3n) is 3.15. The average molecular weight is 273 g/mol. The van der Waals surface area contributed by atoms with Crippen LogP contribution < -0.4 is 5.32 Å². The summed E-state index contributed by atoms with van der Waals surface area (Å²) in [6.07, 6.45) is 2.52. The van der Waals surface area contributed by atoms with Gasteiger partial charge in [0.15, 0.2) is 0 Å². The lowest BCUT2D eigenvalue weighted by Gasteiger charge is -2.03. The largest absolute Gasteiger partial charge is 0.469 e. The molecule has 1 N–H and O–H groups in total. The summed E-state index contributed by atoms with van der Waals surface area (Å²) < 4.78 is 10.1. The number of rotatable bonds is 5. The van der Waals surface area contributed by atoms with E-state index in [2.05, 4.69) is 20.3 Å². The number of carbonyl (C=O) groups excluding carboxylic acids is 1. The van der Waals surface area contributed by atoms with Gasteiger partial charge in [0.1, 0.15) is 0 Å². The van der Waals surface area contributed by atoms with Crippen molar-refractivity contribution in [2.24, 2.45) is 0 Å². The van der Waals surface area contributed by atoms with Crippen molar-refractivity contribution >= 4 is 17.7 Å². The van der Waals surface area contributed by atoms with Crippen molar-refractivity contribution < 1.29 is 13.9 Å². The molecule has 1 saturated carbocycles. The Morgan fingerprint density at radius 1 is 1.35 bits per heavy atom. The number of nitrogens with one attached hydrogen (secondary N) is 1. The van der Waals surface area contributed by atoms with Crippen LogP contribution in [0.4, 0.5) is 11.7 Å². The van der Waals surface area contributed by atoms with E-state index in [0.717, 1.165) is 24.1 Å². The van der Waals surface area contributed by atoms with Crippen molar-refractivity contribution in [1.82, 2.24) is 10.2 Å². The minimum Gasteiger partial charge on any atom is -0.469 e. The van der Waals surface area contributed by atoms with Gasteiger partial charge in [-0.2, -0.15) is 0 Å². The molecular weight excluding hydrogens is 258 g/mol. The van der Waals surface area contributed by atoms with Crippen LogP contribution in [0, 0.1) is 0 Å². The first-order chi connectivity index (χ1) is 9.74. The van der Waals surface area contributed by atoms with E-state index >= 15 is 0 Å². The summed E-state index contributed by atoms with van der Waals surface area (Å²) in [5, 5.41) is 11.0. The zero-order chi connectivity index (χ0) is 13.9. The molecule has 6 heteroatoms. The lowest BCUT2D eigenvalue weighted by molar-refractivity contribution is -0.139. The van der Waals surface area contributed by atoms with E-state index in [9.17, 15) is 4.79 Å². The first-order valence-corrected chi connectivity index (χ1v) is 6.51. The summed E-state index contributed by atoms with van der Waals surface area (Å²) in [6.45, 7) is 0. The number of esters is 1. The molecule has 1 aliphatic rings. The minimum absolute atomic E-state index is 0.253. The van der Waals surface area contributed by atoms with Gasteiger partial charge in [0.2, 0.25) is 5.89 Å². The van der Waals surface area contributed by atoms with Crippen LogP contribution in [0.3, 0.4) is 0 Å². The van der Waals surface area contributed by atoms with Crippen LogP contribution in [-0.2, 0) is 16.0 Å². The fourth-order valence-corrected chi connectivity index (χ4v) is 1.85. The Morgan fingerprint density at radius 3 is 2.75 bits per heavy atom. The van der Waals surface area contributed by atoms with Crippen LogP contribution in [-0.4, -0.2) is 23.3 Å². The maximum absolute atomic E-state index is 11.2. The molecule has 0 amide bonds. The van der Waals surface area contributed by atoms with Crippen LogP contribution in [0.1, 0.15) is 30.2 Å². The predicted molar refractivity (Wildman–Crippen MR) is 71.7 cm³/mol. The number of aromatic nitrogens is 2. The molecule has 0 aliphatic heterocycles. The highest BCUT2D eigenvalue weighted by Gasteiger charge is 2.29. The van der Waals surface area contributed by atoms with E-state index in [-0.39, 0.29) is 12.4 Å². The molecule has 104 valence electrons. The smallest absolute Gasteiger partial charge is 0.320 e. The monoisotopic (exact) mass is 273 g/mol. The number of hydrogen-bond acceptors (Lipinski definition) is 6. The Bertz CT molecular complexity index is 602. The highest BCUT2D eigenvalue weighted by atomic mass is 16.5. The van der Waals surface area contributed by atoms with E-state index in [1.54, 1.807) is 0 Å². The van der Waals surface area contributed by atoms with Crippen molar-refractivity contribution in [1.29, 1.82) is 0 Å². The van der Waals surface area contributed by atoms with Gasteiger partial charge in [-0.05, 0) is 30.5 Å². The third-order valence-corrected chi connectivity index (χ3v) is 3.15. The van der Waals surface area contributed by atoms with E-state index in [0.29, 0.717) is 17.8 Å². The van der Waals surface area contributed by atoms with Gasteiger partial charge in [0.05, 0.1) is 13.5 Å². The molecule has 1 heterocycles. The van der Waals surface area contributed by atoms with Gasteiger partial charge in [-0.3, -0.25) is 4.79 Å². The quantitative estimate of drug-likeness (QED) is 0.843. The number of methoxy groups -OCH3 is 1. The van der Waals surface area contributed by atoms with Crippen LogP contribution in [0.5, 0.6) is 0 Å². The zero-order valence-corrected chi connectivity index (χ0v) is 11.1. The van der Waals surface area contributed by atoms with Crippen molar-refractivity contribution in [3.8, 4) is 0 Å². The van der Waals surface area contributed by atoms with Crippen LogP contribution >= 0.6 is 0 Å². The molecule has 1 aromatic carbocycles. The lowest BCUT2D eigenvalue weighted by atomic mass is 10.1. The molecule has 20 heavy (non-hydrogen) atoms. The van der Waals surface area contributed by atoms with E-state index in [1.165, 1.54) is 7.11 Å². The Kier molecular flexibility index (Phi) is 3.37. The fourth-order valence-electron chi connectivity index (χ4n) is 1.85. The van der Waals surface area contributed by atoms with Gasteiger partial charge in [-0.1, -0.05) is 17.2 Å². The summed E-state index contributed by atoms with van der Waals surface area (Å²) in [7, 11) is 1.38. The van der Waals surface area contributed by atoms with Crippen molar-refractivity contribution in [2.45, 2.75) is 25.2 Å². The molecule has 1 fully saturated rings. The van der Waals surface area contributed by atoms with E-state index < -0.39 is 0 Å². The number of hydrogen-bond donors (Lipinski definition) is 1. The SMILES string of the molecule is COC(=O)Cc1ccc(Nc2nnc(C3CC3)o2)cc1. The van der Waals surface area contributed by atoms with Gasteiger partial charge in [0.25, 0.3) is 0 Å². The van der Waals surface area contributed by atoms with Gasteiger partial charge in [-0.15, -0.1) is 5.10 Å². The minimum atomic E-state index is -0.253. The zero-order valence-electron chi connectivity index (χ0n) is 11.1. The normalized spacial score (nSPS) is 14.1. The Balaban J connectivity index is 1.63. The lowest BCUT2D eigenvalue weighted by Crippen LogP contribution is -2.04. The van der Waals surface area contributed by atoms with Crippen LogP contribution in [0.15, 0.2) is 28.7 Å². The molecule has 6 nitrogen and oxygen atoms in total. The second kappa shape index (κ2) is 5.32. The van der Waals surface area contributed by atoms with Crippen molar-refractivity contribution in [3.63, 3.8) is 0 Å². The van der Waals surface area contributed by atoms with Gasteiger partial charge in [0, 0.05) is 11.6 Å². The van der Waals surface area contributed by atoms with Gasteiger partial charge in [-0.25, -0.2) is 0 Å². The molecule has 0 saturated heterocycles. The first kappa shape index (κ1) is 12.7. The Hall–Kier alpha value is -2.37. The van der Waals surface area contributed by atoms with Gasteiger partial charge < -0.3 is 14.5 Å². The number of benzene rings is 1. The van der Waals surface area contributed by atoms with E-state index in [4.69, 9.17) is 4.42 Å². The maximum atomic E-state index is 11.2. The standard InChI is InChI=1S/C14H15N3O3/c1-19-12(18)8-9-2-6-11(7-3-9)15-14-17-16-13(20-14)10-4-5-10/h2-3,6-7,10H,4-5,8H2,1H3,(H,15,17). The molecule has 0 spiro atoms. The highest BCUT2D eigenvalue weighted by molar-refractivity contribution is 5.72. The number of carbonyl (C=O) groups is 1. The predicted octanol–water partition coefficient (Wildman–Crippen LogP) is 2.41. The molecule has 3 rings (SSSR count). The topological polar surface area (TPSA) is 77.2 Å². The molecular formula is C14H15N3O3. The fraction of sp³-hybridized carbons (Fsp3) is 0.357. The molecule has 2 aromatic rings. The average Bonchev–Trinajstić information content (AvgIpc) is 3.21. The second-order valence-corrected chi connectivity index (χ2v) is 4.79. The summed E-state index contributed by atoms with van der Waals surface area (Å²) in [6, 6.07) is 7.83.